The maximum Gasteiger partial charge on any atom is 0.251 e. The molecule has 1 amide bonds. The van der Waals surface area contributed by atoms with Gasteiger partial charge in [-0.25, -0.2) is 0 Å². The Morgan fingerprint density at radius 1 is 1.53 bits per heavy atom. The standard InChI is InChI=1S/C11H22N2O2/c1-11(2,15-3)10(14)13-7-8-5-4-6-9(8)12/h8-9H,4-7,12H2,1-3H3,(H,13,14). The van der Waals surface area contributed by atoms with E-state index in [4.69, 9.17) is 10.5 Å². The van der Waals surface area contributed by atoms with E-state index in [0.717, 1.165) is 12.8 Å². The van der Waals surface area contributed by atoms with Crippen molar-refractivity contribution in [2.45, 2.75) is 44.8 Å². The lowest BCUT2D eigenvalue weighted by atomic mass is 10.0. The van der Waals surface area contributed by atoms with Gasteiger partial charge in [-0.1, -0.05) is 6.42 Å². The largest absolute Gasteiger partial charge is 0.369 e. The second-order valence-electron chi connectivity index (χ2n) is 4.78. The van der Waals surface area contributed by atoms with Crippen molar-refractivity contribution in [3.8, 4) is 0 Å². The number of rotatable bonds is 4. The highest BCUT2D eigenvalue weighted by molar-refractivity contribution is 5.84. The average molecular weight is 214 g/mol. The average Bonchev–Trinajstić information content (AvgIpc) is 2.60. The zero-order chi connectivity index (χ0) is 11.5. The van der Waals surface area contributed by atoms with Gasteiger partial charge >= 0.3 is 0 Å². The van der Waals surface area contributed by atoms with Crippen molar-refractivity contribution in [2.75, 3.05) is 13.7 Å². The van der Waals surface area contributed by atoms with Crippen LogP contribution >= 0.6 is 0 Å². The molecule has 2 atom stereocenters. The first-order valence-electron chi connectivity index (χ1n) is 5.56. The highest BCUT2D eigenvalue weighted by Gasteiger charge is 2.29. The van der Waals surface area contributed by atoms with E-state index in [1.54, 1.807) is 21.0 Å². The molecular formula is C11H22N2O2. The molecule has 1 fully saturated rings. The molecule has 3 N–H and O–H groups in total. The Morgan fingerprint density at radius 2 is 2.20 bits per heavy atom. The third-order valence-corrected chi connectivity index (χ3v) is 3.30. The minimum absolute atomic E-state index is 0.0656. The molecule has 4 nitrogen and oxygen atoms in total. The third-order valence-electron chi connectivity index (χ3n) is 3.30. The fourth-order valence-electron chi connectivity index (χ4n) is 1.85. The van der Waals surface area contributed by atoms with Crippen LogP contribution in [0.5, 0.6) is 0 Å². The summed E-state index contributed by atoms with van der Waals surface area (Å²) in [5.41, 5.74) is 5.18. The molecule has 0 aliphatic heterocycles. The zero-order valence-electron chi connectivity index (χ0n) is 9.88. The maximum absolute atomic E-state index is 11.7. The van der Waals surface area contributed by atoms with Crippen LogP contribution in [0.2, 0.25) is 0 Å². The minimum atomic E-state index is -0.747. The van der Waals surface area contributed by atoms with Crippen LogP contribution in [0.3, 0.4) is 0 Å². The summed E-state index contributed by atoms with van der Waals surface area (Å²) in [4.78, 5) is 11.7. The number of carbonyl (C=O) groups excluding carboxylic acids is 1. The highest BCUT2D eigenvalue weighted by Crippen LogP contribution is 2.23. The molecule has 1 rings (SSSR count). The summed E-state index contributed by atoms with van der Waals surface area (Å²) in [5, 5.41) is 2.90. The van der Waals surface area contributed by atoms with Gasteiger partial charge in [0.2, 0.25) is 0 Å². The molecule has 1 aliphatic rings. The van der Waals surface area contributed by atoms with Crippen molar-refractivity contribution in [3.63, 3.8) is 0 Å². The minimum Gasteiger partial charge on any atom is -0.369 e. The Labute approximate surface area is 91.5 Å². The van der Waals surface area contributed by atoms with Gasteiger partial charge in [0.25, 0.3) is 5.91 Å². The number of hydrogen-bond donors (Lipinski definition) is 2. The van der Waals surface area contributed by atoms with Crippen LogP contribution < -0.4 is 11.1 Å². The van der Waals surface area contributed by atoms with Gasteiger partial charge in [0.15, 0.2) is 0 Å². The van der Waals surface area contributed by atoms with Crippen molar-refractivity contribution in [1.29, 1.82) is 0 Å². The van der Waals surface area contributed by atoms with E-state index in [-0.39, 0.29) is 11.9 Å². The zero-order valence-corrected chi connectivity index (χ0v) is 9.88. The molecular weight excluding hydrogens is 192 g/mol. The lowest BCUT2D eigenvalue weighted by molar-refractivity contribution is -0.139. The second-order valence-corrected chi connectivity index (χ2v) is 4.78. The van der Waals surface area contributed by atoms with Crippen LogP contribution in [0.15, 0.2) is 0 Å². The maximum atomic E-state index is 11.7. The molecule has 0 aromatic carbocycles. The van der Waals surface area contributed by atoms with Crippen LogP contribution in [0.25, 0.3) is 0 Å². The van der Waals surface area contributed by atoms with E-state index < -0.39 is 5.60 Å². The second kappa shape index (κ2) is 4.94. The van der Waals surface area contributed by atoms with Gasteiger partial charge < -0.3 is 15.8 Å². The van der Waals surface area contributed by atoms with E-state index in [1.165, 1.54) is 6.42 Å². The predicted molar refractivity (Wildman–Crippen MR) is 59.4 cm³/mol. The Kier molecular flexibility index (Phi) is 4.11. The molecule has 0 heterocycles. The fourth-order valence-corrected chi connectivity index (χ4v) is 1.85. The van der Waals surface area contributed by atoms with Gasteiger partial charge in [-0.3, -0.25) is 4.79 Å². The summed E-state index contributed by atoms with van der Waals surface area (Å²) in [6.45, 7) is 4.20. The first-order chi connectivity index (χ1) is 6.97. The summed E-state index contributed by atoms with van der Waals surface area (Å²) in [6, 6.07) is 0.246. The molecule has 1 saturated carbocycles. The topological polar surface area (TPSA) is 64.3 Å². The molecule has 2 unspecified atom stereocenters. The molecule has 0 aromatic rings. The highest BCUT2D eigenvalue weighted by atomic mass is 16.5. The first-order valence-corrected chi connectivity index (χ1v) is 5.56. The molecule has 0 aromatic heterocycles. The third kappa shape index (κ3) is 3.18. The summed E-state index contributed by atoms with van der Waals surface area (Å²) < 4.78 is 5.10. The number of hydrogen-bond acceptors (Lipinski definition) is 3. The molecule has 0 bridgehead atoms. The molecule has 0 radical (unpaired) electrons. The van der Waals surface area contributed by atoms with E-state index in [1.807, 2.05) is 0 Å². The van der Waals surface area contributed by atoms with Crippen molar-refractivity contribution >= 4 is 5.91 Å². The summed E-state index contributed by atoms with van der Waals surface area (Å²) in [6.07, 6.45) is 3.37. The lowest BCUT2D eigenvalue weighted by Gasteiger charge is -2.23. The summed E-state index contributed by atoms with van der Waals surface area (Å²) >= 11 is 0. The Balaban J connectivity index is 2.34. The van der Waals surface area contributed by atoms with Crippen LogP contribution in [0.4, 0.5) is 0 Å². The van der Waals surface area contributed by atoms with Crippen LogP contribution in [-0.4, -0.2) is 31.2 Å². The van der Waals surface area contributed by atoms with Crippen molar-refractivity contribution in [3.05, 3.63) is 0 Å². The first kappa shape index (κ1) is 12.5. The van der Waals surface area contributed by atoms with E-state index in [0.29, 0.717) is 12.5 Å². The smallest absolute Gasteiger partial charge is 0.251 e. The number of carbonyl (C=O) groups is 1. The number of amides is 1. The van der Waals surface area contributed by atoms with Crippen LogP contribution in [0, 0.1) is 5.92 Å². The number of methoxy groups -OCH3 is 1. The van der Waals surface area contributed by atoms with Gasteiger partial charge in [0.05, 0.1) is 0 Å². The van der Waals surface area contributed by atoms with Gasteiger partial charge in [0, 0.05) is 19.7 Å². The monoisotopic (exact) mass is 214 g/mol. The van der Waals surface area contributed by atoms with E-state index in [9.17, 15) is 4.79 Å². The molecule has 88 valence electrons. The molecule has 4 heteroatoms. The van der Waals surface area contributed by atoms with Gasteiger partial charge in [0.1, 0.15) is 5.60 Å². The number of ether oxygens (including phenoxy) is 1. The van der Waals surface area contributed by atoms with Gasteiger partial charge in [-0.05, 0) is 32.6 Å². The Bertz CT molecular complexity index is 229. The van der Waals surface area contributed by atoms with Crippen molar-refractivity contribution in [2.24, 2.45) is 11.7 Å². The van der Waals surface area contributed by atoms with Crippen LogP contribution in [0.1, 0.15) is 33.1 Å². The van der Waals surface area contributed by atoms with Crippen molar-refractivity contribution < 1.29 is 9.53 Å². The summed E-state index contributed by atoms with van der Waals surface area (Å²) in [5.74, 6) is 0.366. The van der Waals surface area contributed by atoms with Crippen molar-refractivity contribution in [1.82, 2.24) is 5.32 Å². The molecule has 0 saturated heterocycles. The normalized spacial score (nSPS) is 26.7. The predicted octanol–water partition coefficient (Wildman–Crippen LogP) is 0.655. The lowest BCUT2D eigenvalue weighted by Crippen LogP contribution is -2.46. The number of nitrogens with two attached hydrogens (primary N) is 1. The molecule has 0 spiro atoms. The summed E-state index contributed by atoms with van der Waals surface area (Å²) in [7, 11) is 1.54. The van der Waals surface area contributed by atoms with E-state index >= 15 is 0 Å². The quantitative estimate of drug-likeness (QED) is 0.722. The van der Waals surface area contributed by atoms with Gasteiger partial charge in [-0.15, -0.1) is 0 Å². The Hall–Kier alpha value is -0.610. The molecule has 15 heavy (non-hydrogen) atoms. The fraction of sp³-hybridized carbons (Fsp3) is 0.909. The Morgan fingerprint density at radius 3 is 2.67 bits per heavy atom. The molecule has 1 aliphatic carbocycles. The van der Waals surface area contributed by atoms with E-state index in [2.05, 4.69) is 5.32 Å². The number of nitrogens with one attached hydrogen (secondary N) is 1. The SMILES string of the molecule is COC(C)(C)C(=O)NCC1CCCC1N. The van der Waals surface area contributed by atoms with Crippen LogP contribution in [-0.2, 0) is 9.53 Å². The van der Waals surface area contributed by atoms with Gasteiger partial charge in [-0.2, -0.15) is 0 Å².